The van der Waals surface area contributed by atoms with Gasteiger partial charge in [-0.25, -0.2) is 15.0 Å². The SMILES string of the molecule is c1ccc(-c2nc(-c3ccccc3)nc(-c3cc(-n4c5ccccc5c5ccccc54)c(-n4c5ccccc5c5ccccc54)c(-n4c5ccccc5c5ccccc54)c3-n3c4ccccc4c4ccccc43)n2)cc1. The molecule has 7 heteroatoms. The molecule has 16 rings (SSSR count). The minimum Gasteiger partial charge on any atom is -0.307 e. The number of para-hydroxylation sites is 8. The maximum Gasteiger partial charge on any atom is 0.166 e. The molecular formula is C69H43N7. The number of hydrogen-bond acceptors (Lipinski definition) is 3. The summed E-state index contributed by atoms with van der Waals surface area (Å²) in [4.78, 5) is 16.6. The van der Waals surface area contributed by atoms with Gasteiger partial charge in [-0.15, -0.1) is 0 Å². The molecule has 0 aliphatic carbocycles. The summed E-state index contributed by atoms with van der Waals surface area (Å²) in [6.07, 6.45) is 0. The molecule has 0 unspecified atom stereocenters. The number of rotatable bonds is 7. The van der Waals surface area contributed by atoms with Gasteiger partial charge in [0.1, 0.15) is 0 Å². The highest BCUT2D eigenvalue weighted by atomic mass is 15.1. The molecule has 7 nitrogen and oxygen atoms in total. The van der Waals surface area contributed by atoms with Crippen LogP contribution in [0.15, 0.2) is 261 Å². The molecule has 0 bridgehead atoms. The summed E-state index contributed by atoms with van der Waals surface area (Å²) in [6.45, 7) is 0. The lowest BCUT2D eigenvalue weighted by Gasteiger charge is -2.28. The normalized spacial score (nSPS) is 11.9. The van der Waals surface area contributed by atoms with Crippen molar-refractivity contribution in [2.45, 2.75) is 0 Å². The summed E-state index contributed by atoms with van der Waals surface area (Å²) < 4.78 is 10.0. The predicted molar refractivity (Wildman–Crippen MR) is 313 cm³/mol. The molecule has 0 spiro atoms. The van der Waals surface area contributed by atoms with E-state index in [4.69, 9.17) is 15.0 Å². The first-order valence-electron chi connectivity index (χ1n) is 25.8. The van der Waals surface area contributed by atoms with Crippen molar-refractivity contribution in [2.24, 2.45) is 0 Å². The summed E-state index contributed by atoms with van der Waals surface area (Å²) >= 11 is 0. The van der Waals surface area contributed by atoms with Gasteiger partial charge in [0.25, 0.3) is 0 Å². The predicted octanol–water partition coefficient (Wildman–Crippen LogP) is 17.3. The molecule has 0 atom stereocenters. The van der Waals surface area contributed by atoms with E-state index >= 15 is 0 Å². The second-order valence-electron chi connectivity index (χ2n) is 19.5. The Morgan fingerprint density at radius 3 is 0.789 bits per heavy atom. The van der Waals surface area contributed by atoms with Crippen LogP contribution in [0.5, 0.6) is 0 Å². The monoisotopic (exact) mass is 969 g/mol. The van der Waals surface area contributed by atoms with Gasteiger partial charge in [0.15, 0.2) is 17.5 Å². The number of nitrogens with zero attached hydrogens (tertiary/aromatic N) is 7. The van der Waals surface area contributed by atoms with E-state index < -0.39 is 0 Å². The third-order valence-electron chi connectivity index (χ3n) is 15.4. The van der Waals surface area contributed by atoms with E-state index in [1.54, 1.807) is 0 Å². The fourth-order valence-electron chi connectivity index (χ4n) is 12.2. The molecule has 0 aliphatic heterocycles. The summed E-state index contributed by atoms with van der Waals surface area (Å²) in [5.41, 5.74) is 15.1. The van der Waals surface area contributed by atoms with E-state index in [2.05, 4.69) is 243 Å². The van der Waals surface area contributed by atoms with Crippen molar-refractivity contribution in [3.8, 4) is 56.9 Å². The molecule has 0 N–H and O–H groups in total. The Kier molecular flexibility index (Phi) is 9.20. The highest BCUT2D eigenvalue weighted by molar-refractivity contribution is 6.16. The van der Waals surface area contributed by atoms with Crippen molar-refractivity contribution in [2.75, 3.05) is 0 Å². The first kappa shape index (κ1) is 42.2. The molecule has 16 aromatic rings. The van der Waals surface area contributed by atoms with Crippen molar-refractivity contribution in [1.82, 2.24) is 33.2 Å². The van der Waals surface area contributed by atoms with E-state index in [0.717, 1.165) is 116 Å². The van der Waals surface area contributed by atoms with Gasteiger partial charge in [-0.3, -0.25) is 0 Å². The van der Waals surface area contributed by atoms with Crippen molar-refractivity contribution in [3.05, 3.63) is 261 Å². The quantitative estimate of drug-likeness (QED) is 0.160. The molecule has 0 aliphatic rings. The van der Waals surface area contributed by atoms with Gasteiger partial charge >= 0.3 is 0 Å². The Hall–Kier alpha value is -10.4. The molecule has 0 saturated carbocycles. The number of fused-ring (bicyclic) bond motifs is 12. The van der Waals surface area contributed by atoms with Gasteiger partial charge in [0, 0.05) is 59.8 Å². The molecule has 354 valence electrons. The highest BCUT2D eigenvalue weighted by Gasteiger charge is 2.33. The van der Waals surface area contributed by atoms with Crippen LogP contribution in [-0.2, 0) is 0 Å². The fourth-order valence-corrected chi connectivity index (χ4v) is 12.2. The van der Waals surface area contributed by atoms with Gasteiger partial charge in [-0.2, -0.15) is 0 Å². The Labute approximate surface area is 436 Å². The average Bonchev–Trinajstić information content (AvgIpc) is 4.30. The first-order chi connectivity index (χ1) is 37.8. The van der Waals surface area contributed by atoms with Crippen LogP contribution in [0.25, 0.3) is 144 Å². The van der Waals surface area contributed by atoms with E-state index in [9.17, 15) is 0 Å². The zero-order chi connectivity index (χ0) is 49.8. The molecule has 11 aromatic carbocycles. The fraction of sp³-hybridized carbons (Fsp3) is 0. The molecular weight excluding hydrogens is 927 g/mol. The average molecular weight is 970 g/mol. The minimum atomic E-state index is 0.544. The zero-order valence-electron chi connectivity index (χ0n) is 41.0. The summed E-state index contributed by atoms with van der Waals surface area (Å²) in [6, 6.07) is 93.7. The lowest BCUT2D eigenvalue weighted by Crippen LogP contribution is -2.15. The van der Waals surface area contributed by atoms with Crippen LogP contribution in [0.4, 0.5) is 0 Å². The number of hydrogen-bond donors (Lipinski definition) is 0. The van der Waals surface area contributed by atoms with Crippen LogP contribution in [0.2, 0.25) is 0 Å². The standard InChI is InChI=1S/C69H43N7/c1-3-23-44(24-4-1)67-70-68(45-25-5-2-6-26-45)72-69(71-67)54-43-63(73-55-35-15-7-27-46(55)47-28-8-16-36-56(47)73)65(75-59-39-19-11-31-50(59)51-32-12-20-40-60(51)75)66(76-61-41-21-13-33-52(61)53-34-14-22-42-62(53)76)64(54)74-57-37-17-9-29-48(57)49-30-10-18-38-58(49)74/h1-43H. The van der Waals surface area contributed by atoms with Crippen LogP contribution < -0.4 is 0 Å². The molecule has 0 amide bonds. The van der Waals surface area contributed by atoms with Gasteiger partial charge in [0.05, 0.1) is 66.9 Å². The van der Waals surface area contributed by atoms with Gasteiger partial charge < -0.3 is 18.3 Å². The van der Waals surface area contributed by atoms with E-state index in [0.29, 0.717) is 17.5 Å². The Morgan fingerprint density at radius 2 is 0.461 bits per heavy atom. The third-order valence-corrected chi connectivity index (χ3v) is 15.4. The Balaban J connectivity index is 1.24. The van der Waals surface area contributed by atoms with E-state index in [1.165, 1.54) is 10.8 Å². The zero-order valence-corrected chi connectivity index (χ0v) is 41.0. The van der Waals surface area contributed by atoms with E-state index in [-0.39, 0.29) is 0 Å². The topological polar surface area (TPSA) is 58.4 Å². The molecule has 76 heavy (non-hydrogen) atoms. The van der Waals surface area contributed by atoms with Crippen LogP contribution in [0.1, 0.15) is 0 Å². The van der Waals surface area contributed by atoms with Crippen LogP contribution in [-0.4, -0.2) is 33.2 Å². The first-order valence-corrected chi connectivity index (χ1v) is 25.8. The van der Waals surface area contributed by atoms with Crippen molar-refractivity contribution in [1.29, 1.82) is 0 Å². The lowest BCUT2D eigenvalue weighted by atomic mass is 10.0. The molecule has 0 radical (unpaired) electrons. The molecule has 0 fully saturated rings. The van der Waals surface area contributed by atoms with Crippen LogP contribution in [0.3, 0.4) is 0 Å². The van der Waals surface area contributed by atoms with Gasteiger partial charge in [-0.1, -0.05) is 206 Å². The Morgan fingerprint density at radius 1 is 0.211 bits per heavy atom. The van der Waals surface area contributed by atoms with Gasteiger partial charge in [-0.05, 0) is 54.6 Å². The summed E-state index contributed by atoms with van der Waals surface area (Å²) in [7, 11) is 0. The smallest absolute Gasteiger partial charge is 0.166 e. The van der Waals surface area contributed by atoms with Gasteiger partial charge in [0.2, 0.25) is 0 Å². The molecule has 5 heterocycles. The molecule has 5 aromatic heterocycles. The Bertz CT molecular complexity index is 4730. The maximum absolute atomic E-state index is 5.66. The van der Waals surface area contributed by atoms with Crippen LogP contribution >= 0.6 is 0 Å². The number of aromatic nitrogens is 7. The maximum atomic E-state index is 5.66. The minimum absolute atomic E-state index is 0.544. The summed E-state index contributed by atoms with van der Waals surface area (Å²) in [5, 5.41) is 9.26. The van der Waals surface area contributed by atoms with E-state index in [1.807, 2.05) is 36.4 Å². The van der Waals surface area contributed by atoms with Crippen molar-refractivity contribution < 1.29 is 0 Å². The number of benzene rings is 11. The van der Waals surface area contributed by atoms with Crippen molar-refractivity contribution in [3.63, 3.8) is 0 Å². The second kappa shape index (κ2) is 16.6. The largest absolute Gasteiger partial charge is 0.307 e. The highest BCUT2D eigenvalue weighted by Crippen LogP contribution is 2.49. The summed E-state index contributed by atoms with van der Waals surface area (Å²) in [5.74, 6) is 1.71. The van der Waals surface area contributed by atoms with Crippen molar-refractivity contribution >= 4 is 87.2 Å². The third kappa shape index (κ3) is 6.14. The molecule has 0 saturated heterocycles. The second-order valence-corrected chi connectivity index (χ2v) is 19.5. The van der Waals surface area contributed by atoms with Crippen LogP contribution in [0, 0.1) is 0 Å². The lowest BCUT2D eigenvalue weighted by molar-refractivity contribution is 1.01.